The Kier molecular flexibility index (Phi) is 1.99. The van der Waals surface area contributed by atoms with Crippen LogP contribution in [0.15, 0.2) is 28.1 Å². The minimum Gasteiger partial charge on any atom is -0.316 e. The molecule has 0 unspecified atom stereocenters. The number of isocyanates is 1. The van der Waals surface area contributed by atoms with Crippen LogP contribution >= 0.6 is 0 Å². The largest absolute Gasteiger partial charge is 0.316 e. The van der Waals surface area contributed by atoms with Gasteiger partial charge in [-0.2, -0.15) is 4.99 Å². The fourth-order valence-corrected chi connectivity index (χ4v) is 0.698. The van der Waals surface area contributed by atoms with Crippen molar-refractivity contribution in [2.45, 2.75) is 0 Å². The molecule has 0 saturated heterocycles. The van der Waals surface area contributed by atoms with Crippen molar-refractivity contribution in [3.63, 3.8) is 0 Å². The monoisotopic (exact) mass is 150 g/mol. The highest BCUT2D eigenvalue weighted by Gasteiger charge is 1.90. The number of aryl methyl sites for hydroxylation is 1. The molecular formula is C7H6N2O2. The van der Waals surface area contributed by atoms with Gasteiger partial charge in [-0.15, -0.1) is 0 Å². The molecular weight excluding hydrogens is 144 g/mol. The summed E-state index contributed by atoms with van der Waals surface area (Å²) in [5.74, 6) is 0. The fraction of sp³-hybridized carbons (Fsp3) is 0.143. The summed E-state index contributed by atoms with van der Waals surface area (Å²) < 4.78 is 1.34. The van der Waals surface area contributed by atoms with Gasteiger partial charge >= 0.3 is 0 Å². The molecule has 0 aromatic carbocycles. The minimum absolute atomic E-state index is 0.130. The molecule has 0 N–H and O–H groups in total. The van der Waals surface area contributed by atoms with Crippen LogP contribution in [-0.4, -0.2) is 10.6 Å². The van der Waals surface area contributed by atoms with Crippen LogP contribution in [0.3, 0.4) is 0 Å². The summed E-state index contributed by atoms with van der Waals surface area (Å²) >= 11 is 0. The maximum absolute atomic E-state index is 10.8. The maximum atomic E-state index is 10.8. The van der Waals surface area contributed by atoms with Gasteiger partial charge in [-0.05, 0) is 6.07 Å². The molecule has 0 aliphatic heterocycles. The summed E-state index contributed by atoms with van der Waals surface area (Å²) in [6.07, 6.45) is 2.86. The van der Waals surface area contributed by atoms with E-state index in [1.54, 1.807) is 7.05 Å². The average Bonchev–Trinajstić information content (AvgIpc) is 1.98. The quantitative estimate of drug-likeness (QED) is 0.428. The first-order valence-corrected chi connectivity index (χ1v) is 2.98. The molecule has 56 valence electrons. The first-order valence-electron chi connectivity index (χ1n) is 2.98. The molecule has 0 aliphatic rings. The molecule has 0 aliphatic carbocycles. The van der Waals surface area contributed by atoms with Crippen molar-refractivity contribution < 1.29 is 4.79 Å². The van der Waals surface area contributed by atoms with Gasteiger partial charge in [0.15, 0.2) is 0 Å². The molecule has 4 nitrogen and oxygen atoms in total. The smallest absolute Gasteiger partial charge is 0.250 e. The summed E-state index contributed by atoms with van der Waals surface area (Å²) in [7, 11) is 1.59. The molecule has 4 heteroatoms. The SMILES string of the molecule is Cn1cc(N=C=O)ccc1=O. The van der Waals surface area contributed by atoms with Crippen LogP contribution in [0.1, 0.15) is 0 Å². The number of pyridine rings is 1. The average molecular weight is 150 g/mol. The van der Waals surface area contributed by atoms with Crippen LogP contribution in [0.25, 0.3) is 0 Å². The molecule has 0 fully saturated rings. The second kappa shape index (κ2) is 2.94. The highest BCUT2D eigenvalue weighted by Crippen LogP contribution is 2.04. The third-order valence-corrected chi connectivity index (χ3v) is 1.24. The predicted octanol–water partition coefficient (Wildman–Crippen LogP) is 0.353. The normalized spacial score (nSPS) is 8.82. The summed E-state index contributed by atoms with van der Waals surface area (Å²) in [5, 5.41) is 0. The van der Waals surface area contributed by atoms with Crippen molar-refractivity contribution in [3.8, 4) is 0 Å². The van der Waals surface area contributed by atoms with Crippen LogP contribution in [0.2, 0.25) is 0 Å². The van der Waals surface area contributed by atoms with Crippen LogP contribution in [0, 0.1) is 0 Å². The zero-order chi connectivity index (χ0) is 8.27. The Labute approximate surface area is 62.8 Å². The highest BCUT2D eigenvalue weighted by molar-refractivity contribution is 5.46. The minimum atomic E-state index is -0.130. The van der Waals surface area contributed by atoms with E-state index in [-0.39, 0.29) is 5.56 Å². The standard InChI is InChI=1S/C7H6N2O2/c1-9-4-6(8-5-10)2-3-7(9)11/h2-4H,1H3. The lowest BCUT2D eigenvalue weighted by Gasteiger charge is -1.94. The van der Waals surface area contributed by atoms with Gasteiger partial charge in [0, 0.05) is 19.3 Å². The number of aliphatic imine (C=N–C) groups is 1. The number of hydrogen-bond acceptors (Lipinski definition) is 3. The van der Waals surface area contributed by atoms with Gasteiger partial charge in [-0.25, -0.2) is 4.79 Å². The molecule has 1 heterocycles. The van der Waals surface area contributed by atoms with E-state index in [4.69, 9.17) is 0 Å². The summed E-state index contributed by atoms with van der Waals surface area (Å²) in [6, 6.07) is 2.81. The Morgan fingerprint density at radius 2 is 2.27 bits per heavy atom. The van der Waals surface area contributed by atoms with Gasteiger partial charge in [-0.1, -0.05) is 0 Å². The van der Waals surface area contributed by atoms with Crippen LogP contribution in [0.4, 0.5) is 5.69 Å². The Hall–Kier alpha value is -1.67. The number of rotatable bonds is 1. The lowest BCUT2D eigenvalue weighted by Crippen LogP contribution is -2.12. The van der Waals surface area contributed by atoms with Crippen LogP contribution < -0.4 is 5.56 Å². The Bertz CT molecular complexity index is 361. The van der Waals surface area contributed by atoms with E-state index in [9.17, 15) is 9.59 Å². The first kappa shape index (κ1) is 7.44. The highest BCUT2D eigenvalue weighted by atomic mass is 16.1. The Balaban J connectivity index is 3.25. The number of hydrogen-bond donors (Lipinski definition) is 0. The number of nitrogens with zero attached hydrogens (tertiary/aromatic N) is 2. The third kappa shape index (κ3) is 1.63. The van der Waals surface area contributed by atoms with Gasteiger partial charge < -0.3 is 4.57 Å². The zero-order valence-corrected chi connectivity index (χ0v) is 5.94. The van der Waals surface area contributed by atoms with E-state index in [1.165, 1.54) is 29.0 Å². The summed E-state index contributed by atoms with van der Waals surface area (Å²) in [4.78, 5) is 23.9. The molecule has 0 radical (unpaired) electrons. The molecule has 1 aromatic rings. The van der Waals surface area contributed by atoms with E-state index in [0.717, 1.165) is 0 Å². The predicted molar refractivity (Wildman–Crippen MR) is 39.5 cm³/mol. The van der Waals surface area contributed by atoms with Gasteiger partial charge in [0.05, 0.1) is 5.69 Å². The molecule has 1 rings (SSSR count). The topological polar surface area (TPSA) is 51.4 Å². The van der Waals surface area contributed by atoms with E-state index in [0.29, 0.717) is 5.69 Å². The van der Waals surface area contributed by atoms with Gasteiger partial charge in [0.1, 0.15) is 0 Å². The van der Waals surface area contributed by atoms with Crippen LogP contribution in [-0.2, 0) is 11.8 Å². The lowest BCUT2D eigenvalue weighted by atomic mass is 10.4. The second-order valence-electron chi connectivity index (χ2n) is 2.04. The first-order chi connectivity index (χ1) is 5.24. The van der Waals surface area contributed by atoms with Crippen LogP contribution in [0.5, 0.6) is 0 Å². The molecule has 0 saturated carbocycles. The van der Waals surface area contributed by atoms with Crippen molar-refractivity contribution in [1.82, 2.24) is 4.57 Å². The Morgan fingerprint density at radius 1 is 1.55 bits per heavy atom. The summed E-state index contributed by atoms with van der Waals surface area (Å²) in [5.41, 5.74) is 0.303. The summed E-state index contributed by atoms with van der Waals surface area (Å²) in [6.45, 7) is 0. The van der Waals surface area contributed by atoms with Crippen molar-refractivity contribution in [1.29, 1.82) is 0 Å². The lowest BCUT2D eigenvalue weighted by molar-refractivity contribution is 0.565. The maximum Gasteiger partial charge on any atom is 0.250 e. The molecule has 0 bridgehead atoms. The zero-order valence-electron chi connectivity index (χ0n) is 5.94. The third-order valence-electron chi connectivity index (χ3n) is 1.24. The molecule has 11 heavy (non-hydrogen) atoms. The van der Waals surface area contributed by atoms with Crippen molar-refractivity contribution in [2.24, 2.45) is 12.0 Å². The number of aromatic nitrogens is 1. The number of carbonyl (C=O) groups excluding carboxylic acids is 1. The molecule has 0 atom stereocenters. The van der Waals surface area contributed by atoms with E-state index in [2.05, 4.69) is 4.99 Å². The van der Waals surface area contributed by atoms with Crippen molar-refractivity contribution in [2.75, 3.05) is 0 Å². The van der Waals surface area contributed by atoms with Gasteiger partial charge in [-0.3, -0.25) is 4.79 Å². The molecule has 1 aromatic heterocycles. The van der Waals surface area contributed by atoms with Crippen molar-refractivity contribution >= 4 is 11.8 Å². The van der Waals surface area contributed by atoms with E-state index < -0.39 is 0 Å². The second-order valence-corrected chi connectivity index (χ2v) is 2.04. The van der Waals surface area contributed by atoms with E-state index >= 15 is 0 Å². The molecule has 0 spiro atoms. The van der Waals surface area contributed by atoms with E-state index in [1.807, 2.05) is 0 Å². The van der Waals surface area contributed by atoms with Gasteiger partial charge in [0.2, 0.25) is 11.6 Å². The van der Waals surface area contributed by atoms with Gasteiger partial charge in [0.25, 0.3) is 0 Å². The van der Waals surface area contributed by atoms with Crippen molar-refractivity contribution in [3.05, 3.63) is 28.7 Å². The fourth-order valence-electron chi connectivity index (χ4n) is 0.698. The molecule has 0 amide bonds. The Morgan fingerprint density at radius 3 is 2.82 bits per heavy atom.